The van der Waals surface area contributed by atoms with Gasteiger partial charge in [0.25, 0.3) is 0 Å². The molecular weight excluding hydrogens is 360 g/mol. The highest BCUT2D eigenvalue weighted by atomic mass is 79.9. The molecule has 2 heterocycles. The van der Waals surface area contributed by atoms with E-state index < -0.39 is 15.6 Å². The Hall–Kier alpha value is -1.47. The van der Waals surface area contributed by atoms with Gasteiger partial charge < -0.3 is 5.11 Å². The van der Waals surface area contributed by atoms with Crippen LogP contribution in [0, 0.1) is 11.3 Å². The number of fused-ring (bicyclic) bond motifs is 1. The maximum Gasteiger partial charge on any atom is 0.242 e. The minimum Gasteiger partial charge on any atom is -0.389 e. The van der Waals surface area contributed by atoms with Gasteiger partial charge in [-0.25, -0.2) is 17.7 Å². The molecule has 0 atom stereocenters. The SMILES string of the molecule is CC(C)(O)CNS(=O)(=O)c1cc(Br)c2c(C#N)cnn2c1. The predicted molar refractivity (Wildman–Crippen MR) is 79.1 cm³/mol. The minimum atomic E-state index is -3.79. The molecule has 0 radical (unpaired) electrons. The maximum atomic E-state index is 12.2. The van der Waals surface area contributed by atoms with Crippen LogP contribution in [-0.4, -0.2) is 35.3 Å². The van der Waals surface area contributed by atoms with E-state index in [1.54, 1.807) is 0 Å². The molecule has 0 spiro atoms. The third-order valence-corrected chi connectivity index (χ3v) is 4.64. The molecule has 9 heteroatoms. The number of pyridine rings is 1. The summed E-state index contributed by atoms with van der Waals surface area (Å²) < 4.78 is 28.5. The number of rotatable bonds is 4. The summed E-state index contributed by atoms with van der Waals surface area (Å²) in [5.74, 6) is 0. The average Bonchev–Trinajstić information content (AvgIpc) is 2.79. The van der Waals surface area contributed by atoms with Crippen molar-refractivity contribution in [2.24, 2.45) is 0 Å². The van der Waals surface area contributed by atoms with E-state index in [0.29, 0.717) is 15.6 Å². The first kappa shape index (κ1) is 15.9. The normalized spacial score (nSPS) is 12.5. The summed E-state index contributed by atoms with van der Waals surface area (Å²) >= 11 is 3.25. The average molecular weight is 373 g/mol. The zero-order valence-electron chi connectivity index (χ0n) is 11.3. The van der Waals surface area contributed by atoms with Crippen molar-refractivity contribution in [2.45, 2.75) is 24.3 Å². The molecule has 21 heavy (non-hydrogen) atoms. The molecule has 0 aliphatic carbocycles. The molecule has 112 valence electrons. The lowest BCUT2D eigenvalue weighted by Gasteiger charge is -2.17. The molecule has 0 saturated heterocycles. The summed E-state index contributed by atoms with van der Waals surface area (Å²) in [6.45, 7) is 2.89. The standard InChI is InChI=1S/C12H13BrN4O3S/c1-12(2,18)7-16-21(19,20)9-3-10(13)11-8(4-14)5-15-17(11)6-9/h3,5-6,16,18H,7H2,1-2H3. The molecule has 0 bridgehead atoms. The Morgan fingerprint density at radius 1 is 1.57 bits per heavy atom. The third-order valence-electron chi connectivity index (χ3n) is 2.67. The molecule has 2 rings (SSSR count). The number of hydrogen-bond acceptors (Lipinski definition) is 5. The molecule has 2 N–H and O–H groups in total. The van der Waals surface area contributed by atoms with E-state index in [9.17, 15) is 13.5 Å². The number of nitrogens with zero attached hydrogens (tertiary/aromatic N) is 3. The van der Waals surface area contributed by atoms with Crippen LogP contribution in [0.5, 0.6) is 0 Å². The maximum absolute atomic E-state index is 12.2. The van der Waals surface area contributed by atoms with Crippen LogP contribution in [0.1, 0.15) is 19.4 Å². The number of hydrogen-bond donors (Lipinski definition) is 2. The number of halogens is 1. The topological polar surface area (TPSA) is 107 Å². The van der Waals surface area contributed by atoms with E-state index in [2.05, 4.69) is 25.8 Å². The number of aromatic nitrogens is 2. The van der Waals surface area contributed by atoms with Crippen LogP contribution in [0.15, 0.2) is 27.8 Å². The molecular formula is C12H13BrN4O3S. The fourth-order valence-electron chi connectivity index (χ4n) is 1.63. The first-order valence-corrected chi connectivity index (χ1v) is 8.21. The molecule has 0 aromatic carbocycles. The van der Waals surface area contributed by atoms with Gasteiger partial charge in [-0.3, -0.25) is 0 Å². The molecule has 0 fully saturated rings. The van der Waals surface area contributed by atoms with Crippen LogP contribution in [0.25, 0.3) is 5.52 Å². The molecule has 0 saturated carbocycles. The van der Waals surface area contributed by atoms with Crippen LogP contribution >= 0.6 is 15.9 Å². The third kappa shape index (κ3) is 3.41. The smallest absolute Gasteiger partial charge is 0.242 e. The quantitative estimate of drug-likeness (QED) is 0.832. The van der Waals surface area contributed by atoms with Gasteiger partial charge in [0.1, 0.15) is 11.0 Å². The van der Waals surface area contributed by atoms with Crippen molar-refractivity contribution in [1.82, 2.24) is 14.3 Å². The van der Waals surface area contributed by atoms with Crippen molar-refractivity contribution in [2.75, 3.05) is 6.54 Å². The zero-order chi connectivity index (χ0) is 15.8. The van der Waals surface area contributed by atoms with E-state index in [1.165, 1.54) is 36.8 Å². The largest absolute Gasteiger partial charge is 0.389 e. The van der Waals surface area contributed by atoms with Crippen LogP contribution in [-0.2, 0) is 10.0 Å². The minimum absolute atomic E-state index is 0.0151. The van der Waals surface area contributed by atoms with E-state index in [0.717, 1.165) is 0 Å². The highest BCUT2D eigenvalue weighted by Crippen LogP contribution is 2.24. The number of aliphatic hydroxyl groups is 1. The number of sulfonamides is 1. The van der Waals surface area contributed by atoms with Crippen LogP contribution in [0.2, 0.25) is 0 Å². The second-order valence-electron chi connectivity index (χ2n) is 5.12. The Labute approximate surface area is 130 Å². The van der Waals surface area contributed by atoms with Gasteiger partial charge in [0.2, 0.25) is 10.0 Å². The fraction of sp³-hybridized carbons (Fsp3) is 0.333. The van der Waals surface area contributed by atoms with Crippen molar-refractivity contribution < 1.29 is 13.5 Å². The molecule has 2 aromatic heterocycles. The Morgan fingerprint density at radius 3 is 2.81 bits per heavy atom. The van der Waals surface area contributed by atoms with E-state index in [4.69, 9.17) is 5.26 Å². The Morgan fingerprint density at radius 2 is 2.24 bits per heavy atom. The van der Waals surface area contributed by atoms with Gasteiger partial charge in [-0.05, 0) is 35.8 Å². The van der Waals surface area contributed by atoms with Gasteiger partial charge in [0.15, 0.2) is 0 Å². The van der Waals surface area contributed by atoms with Crippen molar-refractivity contribution in [3.63, 3.8) is 0 Å². The lowest BCUT2D eigenvalue weighted by Crippen LogP contribution is -2.38. The van der Waals surface area contributed by atoms with Gasteiger partial charge in [0.05, 0.1) is 22.9 Å². The first-order valence-electron chi connectivity index (χ1n) is 5.93. The van der Waals surface area contributed by atoms with Crippen LogP contribution in [0.4, 0.5) is 0 Å². The number of nitriles is 1. The molecule has 7 nitrogen and oxygen atoms in total. The van der Waals surface area contributed by atoms with E-state index >= 15 is 0 Å². The second kappa shape index (κ2) is 5.38. The van der Waals surface area contributed by atoms with Gasteiger partial charge >= 0.3 is 0 Å². The Kier molecular flexibility index (Phi) is 4.08. The summed E-state index contributed by atoms with van der Waals surface area (Å²) in [6, 6.07) is 3.38. The lowest BCUT2D eigenvalue weighted by atomic mass is 10.1. The Bertz CT molecular complexity index is 831. The van der Waals surface area contributed by atoms with Gasteiger partial charge in [-0.15, -0.1) is 0 Å². The van der Waals surface area contributed by atoms with Crippen LogP contribution in [0.3, 0.4) is 0 Å². The monoisotopic (exact) mass is 372 g/mol. The van der Waals surface area contributed by atoms with E-state index in [1.807, 2.05) is 6.07 Å². The predicted octanol–water partition coefficient (Wildman–Crippen LogP) is 1.02. The summed E-state index contributed by atoms with van der Waals surface area (Å²) in [6.07, 6.45) is 2.67. The number of nitrogens with one attached hydrogen (secondary N) is 1. The lowest BCUT2D eigenvalue weighted by molar-refractivity contribution is 0.0857. The van der Waals surface area contributed by atoms with Crippen LogP contribution < -0.4 is 4.72 Å². The Balaban J connectivity index is 2.46. The zero-order valence-corrected chi connectivity index (χ0v) is 13.7. The van der Waals surface area contributed by atoms with Crippen molar-refractivity contribution in [1.29, 1.82) is 5.26 Å². The van der Waals surface area contributed by atoms with Gasteiger partial charge in [0, 0.05) is 17.2 Å². The molecule has 0 aliphatic heterocycles. The van der Waals surface area contributed by atoms with Crippen molar-refractivity contribution in [3.8, 4) is 6.07 Å². The van der Waals surface area contributed by atoms with Crippen molar-refractivity contribution >= 4 is 31.5 Å². The summed E-state index contributed by atoms with van der Waals surface area (Å²) in [5.41, 5.74) is -0.317. The highest BCUT2D eigenvalue weighted by molar-refractivity contribution is 9.10. The summed E-state index contributed by atoms with van der Waals surface area (Å²) in [4.78, 5) is -0.0151. The molecule has 0 unspecified atom stereocenters. The van der Waals surface area contributed by atoms with E-state index in [-0.39, 0.29) is 11.4 Å². The first-order chi connectivity index (χ1) is 9.64. The van der Waals surface area contributed by atoms with Crippen molar-refractivity contribution in [3.05, 3.63) is 28.5 Å². The second-order valence-corrected chi connectivity index (χ2v) is 7.75. The molecule has 2 aromatic rings. The van der Waals surface area contributed by atoms with Gasteiger partial charge in [-0.1, -0.05) is 0 Å². The summed E-state index contributed by atoms with van der Waals surface area (Å²) in [7, 11) is -3.79. The highest BCUT2D eigenvalue weighted by Gasteiger charge is 2.21. The van der Waals surface area contributed by atoms with Gasteiger partial charge in [-0.2, -0.15) is 10.4 Å². The molecule has 0 aliphatic rings. The summed E-state index contributed by atoms with van der Waals surface area (Å²) in [5, 5.41) is 22.5. The molecule has 0 amide bonds. The fourth-order valence-corrected chi connectivity index (χ4v) is 3.65.